The minimum Gasteiger partial charge on any atom is -0.481 e. The van der Waals surface area contributed by atoms with Gasteiger partial charge in [0.2, 0.25) is 0 Å². The summed E-state index contributed by atoms with van der Waals surface area (Å²) in [7, 11) is 0. The summed E-state index contributed by atoms with van der Waals surface area (Å²) in [6.07, 6.45) is 1.15. The Morgan fingerprint density at radius 1 is 1.23 bits per heavy atom. The van der Waals surface area contributed by atoms with Gasteiger partial charge in [-0.25, -0.2) is 0 Å². The van der Waals surface area contributed by atoms with Crippen molar-refractivity contribution in [2.45, 2.75) is 25.7 Å². The lowest BCUT2D eigenvalue weighted by atomic mass is 10.1. The Morgan fingerprint density at radius 2 is 1.77 bits per heavy atom. The molecule has 0 aliphatic carbocycles. The van der Waals surface area contributed by atoms with E-state index in [4.69, 9.17) is 16.0 Å². The van der Waals surface area contributed by atoms with E-state index in [1.54, 1.807) is 0 Å². The van der Waals surface area contributed by atoms with Gasteiger partial charge in [-0.1, -0.05) is 5.16 Å². The van der Waals surface area contributed by atoms with E-state index in [1.165, 1.54) is 0 Å². The largest absolute Gasteiger partial charge is 0.481 e. The third-order valence-electron chi connectivity index (χ3n) is 1.46. The van der Waals surface area contributed by atoms with Gasteiger partial charge in [0.15, 0.2) is 0 Å². The van der Waals surface area contributed by atoms with Crippen molar-refractivity contribution in [1.29, 1.82) is 0 Å². The third-order valence-corrected chi connectivity index (χ3v) is 1.46. The van der Waals surface area contributed by atoms with Crippen LogP contribution in [-0.4, -0.2) is 27.9 Å². The number of hydrogen-bond donors (Lipinski definition) is 3. The van der Waals surface area contributed by atoms with Gasteiger partial charge in [0.05, 0.1) is 0 Å². The van der Waals surface area contributed by atoms with Crippen LogP contribution in [0.4, 0.5) is 0 Å². The first-order valence-electron chi connectivity index (χ1n) is 3.80. The number of rotatable bonds is 6. The fourth-order valence-corrected chi connectivity index (χ4v) is 0.791. The van der Waals surface area contributed by atoms with Gasteiger partial charge in [-0.2, -0.15) is 0 Å². The highest BCUT2D eigenvalue weighted by atomic mass is 16.4. The second-order valence-corrected chi connectivity index (χ2v) is 2.51. The molecular weight excluding hydrogens is 176 g/mol. The topological polar surface area (TPSA) is 113 Å². The van der Waals surface area contributed by atoms with Crippen molar-refractivity contribution in [2.24, 2.45) is 10.9 Å². The number of hydrogen-bond acceptors (Lipinski definition) is 4. The quantitative estimate of drug-likeness (QED) is 0.234. The molecule has 0 heterocycles. The molecule has 0 atom stereocenters. The van der Waals surface area contributed by atoms with Crippen molar-refractivity contribution in [3.8, 4) is 0 Å². The Kier molecular flexibility index (Phi) is 5.25. The van der Waals surface area contributed by atoms with Crippen LogP contribution in [0, 0.1) is 0 Å². The summed E-state index contributed by atoms with van der Waals surface area (Å²) in [5.74, 6) is -1.67. The Morgan fingerprint density at radius 3 is 2.15 bits per heavy atom. The van der Waals surface area contributed by atoms with Crippen LogP contribution in [0.1, 0.15) is 25.7 Å². The van der Waals surface area contributed by atoms with Crippen LogP contribution in [0.15, 0.2) is 5.16 Å². The molecule has 6 heteroatoms. The molecule has 74 valence electrons. The van der Waals surface area contributed by atoms with Gasteiger partial charge in [-0.05, 0) is 19.3 Å². The SMILES string of the molecule is NC(=O)/C(CCCCC(=O)O)=N\O. The zero-order valence-corrected chi connectivity index (χ0v) is 7.06. The first-order chi connectivity index (χ1) is 6.07. The number of amides is 1. The molecule has 0 aromatic heterocycles. The smallest absolute Gasteiger partial charge is 0.303 e. The van der Waals surface area contributed by atoms with E-state index in [1.807, 2.05) is 0 Å². The fraction of sp³-hybridized carbons (Fsp3) is 0.571. The molecule has 0 radical (unpaired) electrons. The number of carboxylic acids is 1. The molecule has 0 fully saturated rings. The molecular formula is C7H12N2O4. The van der Waals surface area contributed by atoms with Crippen LogP contribution in [0.25, 0.3) is 0 Å². The van der Waals surface area contributed by atoms with E-state index in [-0.39, 0.29) is 18.6 Å². The molecule has 0 aliphatic rings. The highest BCUT2D eigenvalue weighted by Gasteiger charge is 2.07. The molecule has 0 aromatic rings. The average molecular weight is 188 g/mol. The predicted octanol–water partition coefficient (Wildman–Crippen LogP) is -0.0531. The van der Waals surface area contributed by atoms with Gasteiger partial charge in [0, 0.05) is 6.42 Å². The molecule has 0 aromatic carbocycles. The van der Waals surface area contributed by atoms with Crippen LogP contribution in [0.2, 0.25) is 0 Å². The number of nitrogens with zero attached hydrogens (tertiary/aromatic N) is 1. The first kappa shape index (κ1) is 11.4. The third kappa shape index (κ3) is 5.66. The summed E-state index contributed by atoms with van der Waals surface area (Å²) in [5.41, 5.74) is 4.72. The second-order valence-electron chi connectivity index (χ2n) is 2.51. The number of oxime groups is 1. The molecule has 4 N–H and O–H groups in total. The minimum absolute atomic E-state index is 0.0392. The van der Waals surface area contributed by atoms with Crippen LogP contribution in [0.3, 0.4) is 0 Å². The summed E-state index contributed by atoms with van der Waals surface area (Å²) in [4.78, 5) is 20.5. The lowest BCUT2D eigenvalue weighted by Crippen LogP contribution is -2.23. The van der Waals surface area contributed by atoms with Crippen molar-refractivity contribution in [1.82, 2.24) is 0 Å². The highest BCUT2D eigenvalue weighted by Crippen LogP contribution is 2.01. The van der Waals surface area contributed by atoms with Crippen LogP contribution in [-0.2, 0) is 9.59 Å². The molecule has 0 spiro atoms. The fourth-order valence-electron chi connectivity index (χ4n) is 0.791. The summed E-state index contributed by atoms with van der Waals surface area (Å²) in [6.45, 7) is 0. The van der Waals surface area contributed by atoms with Crippen molar-refractivity contribution < 1.29 is 19.9 Å². The maximum absolute atomic E-state index is 10.5. The number of carbonyl (C=O) groups excluding carboxylic acids is 1. The number of nitrogens with two attached hydrogens (primary N) is 1. The van der Waals surface area contributed by atoms with Crippen LogP contribution >= 0.6 is 0 Å². The summed E-state index contributed by atoms with van der Waals surface area (Å²) in [5, 5.41) is 19.2. The first-order valence-corrected chi connectivity index (χ1v) is 3.80. The molecule has 0 saturated heterocycles. The van der Waals surface area contributed by atoms with Gasteiger partial charge in [-0.3, -0.25) is 9.59 Å². The van der Waals surface area contributed by atoms with Gasteiger partial charge in [0.1, 0.15) is 5.71 Å². The van der Waals surface area contributed by atoms with Crippen molar-refractivity contribution in [3.63, 3.8) is 0 Å². The van der Waals surface area contributed by atoms with Gasteiger partial charge < -0.3 is 16.0 Å². The van der Waals surface area contributed by atoms with Crippen molar-refractivity contribution >= 4 is 17.6 Å². The zero-order chi connectivity index (χ0) is 10.3. The number of aliphatic carboxylic acids is 1. The average Bonchev–Trinajstić information content (AvgIpc) is 2.03. The maximum atomic E-state index is 10.5. The normalized spacial score (nSPS) is 11.2. The van der Waals surface area contributed by atoms with E-state index in [2.05, 4.69) is 5.16 Å². The Labute approximate surface area is 75.0 Å². The molecule has 0 bridgehead atoms. The molecule has 0 aliphatic heterocycles. The molecule has 13 heavy (non-hydrogen) atoms. The number of carboxylic acid groups (broad SMARTS) is 1. The number of carbonyl (C=O) groups is 2. The minimum atomic E-state index is -0.887. The number of primary amides is 1. The maximum Gasteiger partial charge on any atom is 0.303 e. The lowest BCUT2D eigenvalue weighted by molar-refractivity contribution is -0.137. The molecule has 0 saturated carbocycles. The van der Waals surface area contributed by atoms with E-state index in [9.17, 15) is 9.59 Å². The summed E-state index contributed by atoms with van der Waals surface area (Å²) >= 11 is 0. The van der Waals surface area contributed by atoms with E-state index < -0.39 is 11.9 Å². The second kappa shape index (κ2) is 5.99. The van der Waals surface area contributed by atoms with E-state index in [0.717, 1.165) is 0 Å². The van der Waals surface area contributed by atoms with E-state index >= 15 is 0 Å². The zero-order valence-electron chi connectivity index (χ0n) is 7.06. The summed E-state index contributed by atoms with van der Waals surface area (Å²) in [6, 6.07) is 0. The summed E-state index contributed by atoms with van der Waals surface area (Å²) < 4.78 is 0. The molecule has 0 unspecified atom stereocenters. The Balaban J connectivity index is 3.63. The van der Waals surface area contributed by atoms with E-state index in [0.29, 0.717) is 12.8 Å². The molecule has 6 nitrogen and oxygen atoms in total. The van der Waals surface area contributed by atoms with Gasteiger partial charge >= 0.3 is 5.97 Å². The Bertz CT molecular complexity index is 225. The predicted molar refractivity (Wildman–Crippen MR) is 44.5 cm³/mol. The standard InChI is InChI=1S/C7H12N2O4/c8-7(12)5(9-13)3-1-2-4-6(10)11/h13H,1-4H2,(H2,8,12)(H,10,11)/b9-5-. The monoisotopic (exact) mass is 188 g/mol. The Hall–Kier alpha value is -1.59. The van der Waals surface area contributed by atoms with Crippen molar-refractivity contribution in [3.05, 3.63) is 0 Å². The van der Waals surface area contributed by atoms with Gasteiger partial charge in [-0.15, -0.1) is 0 Å². The lowest BCUT2D eigenvalue weighted by Gasteiger charge is -1.98. The number of unbranched alkanes of at least 4 members (excludes halogenated alkanes) is 1. The highest BCUT2D eigenvalue weighted by molar-refractivity contribution is 6.38. The molecule has 0 rings (SSSR count). The molecule has 1 amide bonds. The van der Waals surface area contributed by atoms with Crippen LogP contribution in [0.5, 0.6) is 0 Å². The van der Waals surface area contributed by atoms with Crippen molar-refractivity contribution in [2.75, 3.05) is 0 Å². The van der Waals surface area contributed by atoms with Gasteiger partial charge in [0.25, 0.3) is 5.91 Å². The van der Waals surface area contributed by atoms with Crippen LogP contribution < -0.4 is 5.73 Å².